The molecule has 0 saturated heterocycles. The van der Waals surface area contributed by atoms with Crippen LogP contribution in [0.4, 0.5) is 0 Å². The smallest absolute Gasteiger partial charge is 0.305 e. The first-order valence-corrected chi connectivity index (χ1v) is 6.20. The average molecular weight is 247 g/mol. The molecular formula is C14H17NO3. The van der Waals surface area contributed by atoms with Gasteiger partial charge < -0.3 is 10.4 Å². The van der Waals surface area contributed by atoms with Crippen molar-refractivity contribution in [2.24, 2.45) is 5.92 Å². The van der Waals surface area contributed by atoms with Crippen molar-refractivity contribution in [1.82, 2.24) is 5.32 Å². The Bertz CT molecular complexity index is 430. The topological polar surface area (TPSA) is 66.4 Å². The molecule has 2 N–H and O–H groups in total. The third kappa shape index (κ3) is 3.58. The van der Waals surface area contributed by atoms with Crippen LogP contribution in [0.15, 0.2) is 30.3 Å². The lowest BCUT2D eigenvalue weighted by atomic mass is 10.1. The van der Waals surface area contributed by atoms with Gasteiger partial charge in [-0.2, -0.15) is 0 Å². The summed E-state index contributed by atoms with van der Waals surface area (Å²) in [6.07, 6.45) is 1.54. The zero-order valence-electron chi connectivity index (χ0n) is 10.1. The van der Waals surface area contributed by atoms with Crippen molar-refractivity contribution in [2.45, 2.75) is 25.2 Å². The maximum Gasteiger partial charge on any atom is 0.305 e. The Labute approximate surface area is 106 Å². The van der Waals surface area contributed by atoms with Crippen LogP contribution in [-0.2, 0) is 9.59 Å². The number of rotatable bonds is 6. The molecule has 1 saturated carbocycles. The number of aliphatic carboxylic acids is 1. The molecule has 0 aromatic heterocycles. The molecule has 0 aliphatic heterocycles. The lowest BCUT2D eigenvalue weighted by Crippen LogP contribution is -2.26. The molecule has 1 fully saturated rings. The van der Waals surface area contributed by atoms with Crippen molar-refractivity contribution in [1.29, 1.82) is 0 Å². The predicted octanol–water partition coefficient (Wildman–Crippen LogP) is 1.77. The number of carboxylic acid groups (broad SMARTS) is 1. The molecule has 2 rings (SSSR count). The Morgan fingerprint density at radius 1 is 1.28 bits per heavy atom. The molecule has 4 nitrogen and oxygen atoms in total. The standard InChI is InChI=1S/C14H17NO3/c16-13(15-7-6-14(17)18)9-11-8-12(11)10-4-2-1-3-5-10/h1-5,11-12H,6-9H2,(H,15,16)(H,17,18)/t11-,12-/m0/s1. The molecule has 4 heteroatoms. The minimum atomic E-state index is -0.885. The highest BCUT2D eigenvalue weighted by molar-refractivity contribution is 5.77. The summed E-state index contributed by atoms with van der Waals surface area (Å²) < 4.78 is 0. The second kappa shape index (κ2) is 5.67. The van der Waals surface area contributed by atoms with E-state index in [0.29, 0.717) is 18.3 Å². The number of amides is 1. The molecular weight excluding hydrogens is 230 g/mol. The van der Waals surface area contributed by atoms with E-state index in [1.165, 1.54) is 5.56 Å². The van der Waals surface area contributed by atoms with E-state index in [1.807, 2.05) is 18.2 Å². The van der Waals surface area contributed by atoms with E-state index < -0.39 is 5.97 Å². The van der Waals surface area contributed by atoms with Crippen LogP contribution >= 0.6 is 0 Å². The van der Waals surface area contributed by atoms with Crippen molar-refractivity contribution in [3.63, 3.8) is 0 Å². The van der Waals surface area contributed by atoms with Crippen LogP contribution in [0.1, 0.15) is 30.7 Å². The van der Waals surface area contributed by atoms with E-state index in [9.17, 15) is 9.59 Å². The average Bonchev–Trinajstić information content (AvgIpc) is 3.09. The zero-order valence-corrected chi connectivity index (χ0v) is 10.1. The third-order valence-corrected chi connectivity index (χ3v) is 3.26. The van der Waals surface area contributed by atoms with E-state index >= 15 is 0 Å². The normalized spacial score (nSPS) is 21.3. The molecule has 0 unspecified atom stereocenters. The molecule has 0 bridgehead atoms. The van der Waals surface area contributed by atoms with Crippen LogP contribution in [0.2, 0.25) is 0 Å². The van der Waals surface area contributed by atoms with Crippen molar-refractivity contribution < 1.29 is 14.7 Å². The summed E-state index contributed by atoms with van der Waals surface area (Å²) in [4.78, 5) is 21.8. The maximum atomic E-state index is 11.5. The number of nitrogens with one attached hydrogen (secondary N) is 1. The first-order chi connectivity index (χ1) is 8.66. The second-order valence-corrected chi connectivity index (χ2v) is 4.71. The number of hydrogen-bond acceptors (Lipinski definition) is 2. The Hall–Kier alpha value is -1.84. The van der Waals surface area contributed by atoms with E-state index in [-0.39, 0.29) is 18.9 Å². The maximum absolute atomic E-state index is 11.5. The molecule has 0 spiro atoms. The highest BCUT2D eigenvalue weighted by Crippen LogP contribution is 2.49. The fourth-order valence-corrected chi connectivity index (χ4v) is 2.20. The van der Waals surface area contributed by atoms with Crippen molar-refractivity contribution >= 4 is 11.9 Å². The molecule has 0 heterocycles. The van der Waals surface area contributed by atoms with E-state index in [0.717, 1.165) is 6.42 Å². The lowest BCUT2D eigenvalue weighted by Gasteiger charge is -2.03. The number of carbonyl (C=O) groups is 2. The Balaban J connectivity index is 1.70. The minimum absolute atomic E-state index is 0.0154. The first kappa shape index (κ1) is 12.6. The van der Waals surface area contributed by atoms with Crippen LogP contribution in [0.25, 0.3) is 0 Å². The summed E-state index contributed by atoms with van der Waals surface area (Å²) in [5.74, 6) is -0.0165. The summed E-state index contributed by atoms with van der Waals surface area (Å²) >= 11 is 0. The summed E-state index contributed by atoms with van der Waals surface area (Å²) in [7, 11) is 0. The third-order valence-electron chi connectivity index (χ3n) is 3.26. The molecule has 1 aliphatic rings. The van der Waals surface area contributed by atoms with E-state index in [2.05, 4.69) is 17.4 Å². The SMILES string of the molecule is O=C(O)CCNC(=O)C[C@@H]1C[C@H]1c1ccccc1. The van der Waals surface area contributed by atoms with Crippen LogP contribution in [0.5, 0.6) is 0 Å². The van der Waals surface area contributed by atoms with Crippen LogP contribution in [0.3, 0.4) is 0 Å². The summed E-state index contributed by atoms with van der Waals surface area (Å²) in [5.41, 5.74) is 1.29. The number of carboxylic acids is 1. The molecule has 1 amide bonds. The quantitative estimate of drug-likeness (QED) is 0.805. The zero-order chi connectivity index (χ0) is 13.0. The van der Waals surface area contributed by atoms with Gasteiger partial charge >= 0.3 is 5.97 Å². The van der Waals surface area contributed by atoms with Crippen LogP contribution in [0, 0.1) is 5.92 Å². The second-order valence-electron chi connectivity index (χ2n) is 4.71. The van der Waals surface area contributed by atoms with E-state index in [1.54, 1.807) is 0 Å². The van der Waals surface area contributed by atoms with Gasteiger partial charge in [0.1, 0.15) is 0 Å². The predicted molar refractivity (Wildman–Crippen MR) is 67.2 cm³/mol. The summed E-state index contributed by atoms with van der Waals surface area (Å²) in [5, 5.41) is 11.1. The Kier molecular flexibility index (Phi) is 3.97. The van der Waals surface area contributed by atoms with E-state index in [4.69, 9.17) is 5.11 Å². The molecule has 2 atom stereocenters. The molecule has 1 aliphatic carbocycles. The Morgan fingerprint density at radius 3 is 2.67 bits per heavy atom. The lowest BCUT2D eigenvalue weighted by molar-refractivity contribution is -0.136. The van der Waals surface area contributed by atoms with Crippen LogP contribution < -0.4 is 5.32 Å². The van der Waals surface area contributed by atoms with Gasteiger partial charge in [-0.1, -0.05) is 30.3 Å². The largest absolute Gasteiger partial charge is 0.481 e. The summed E-state index contributed by atoms with van der Waals surface area (Å²) in [6.45, 7) is 0.219. The van der Waals surface area contributed by atoms with Gasteiger partial charge in [0.05, 0.1) is 6.42 Å². The minimum Gasteiger partial charge on any atom is -0.481 e. The van der Waals surface area contributed by atoms with Gasteiger partial charge in [0.2, 0.25) is 5.91 Å². The molecule has 18 heavy (non-hydrogen) atoms. The van der Waals surface area contributed by atoms with Gasteiger partial charge in [-0.15, -0.1) is 0 Å². The summed E-state index contributed by atoms with van der Waals surface area (Å²) in [6, 6.07) is 10.2. The van der Waals surface area contributed by atoms with Crippen molar-refractivity contribution in [2.75, 3.05) is 6.54 Å². The van der Waals surface area contributed by atoms with Gasteiger partial charge in [0.25, 0.3) is 0 Å². The Morgan fingerprint density at radius 2 is 2.00 bits per heavy atom. The van der Waals surface area contributed by atoms with Crippen LogP contribution in [-0.4, -0.2) is 23.5 Å². The monoisotopic (exact) mass is 247 g/mol. The molecule has 0 radical (unpaired) electrons. The fraction of sp³-hybridized carbons (Fsp3) is 0.429. The van der Waals surface area contributed by atoms with Gasteiger partial charge in [-0.25, -0.2) is 0 Å². The first-order valence-electron chi connectivity index (χ1n) is 6.20. The van der Waals surface area contributed by atoms with Gasteiger partial charge in [-0.3, -0.25) is 9.59 Å². The van der Waals surface area contributed by atoms with Gasteiger partial charge in [-0.05, 0) is 23.8 Å². The molecule has 1 aromatic rings. The van der Waals surface area contributed by atoms with Gasteiger partial charge in [0, 0.05) is 13.0 Å². The highest BCUT2D eigenvalue weighted by Gasteiger charge is 2.39. The highest BCUT2D eigenvalue weighted by atomic mass is 16.4. The number of carbonyl (C=O) groups excluding carboxylic acids is 1. The van der Waals surface area contributed by atoms with Crippen molar-refractivity contribution in [3.05, 3.63) is 35.9 Å². The fourth-order valence-electron chi connectivity index (χ4n) is 2.20. The number of hydrogen-bond donors (Lipinski definition) is 2. The van der Waals surface area contributed by atoms with Gasteiger partial charge in [0.15, 0.2) is 0 Å². The molecule has 1 aromatic carbocycles. The van der Waals surface area contributed by atoms with Crippen molar-refractivity contribution in [3.8, 4) is 0 Å². The molecule has 96 valence electrons. The number of benzene rings is 1.